The zero-order valence-electron chi connectivity index (χ0n) is 13.6. The molecule has 3 nitrogen and oxygen atoms in total. The lowest BCUT2D eigenvalue weighted by Crippen LogP contribution is -2.44. The molecule has 0 aromatic heterocycles. The first-order valence-corrected chi connectivity index (χ1v) is 9.37. The number of para-hydroxylation sites is 1. The van der Waals surface area contributed by atoms with Crippen LogP contribution in [0.4, 0.5) is 0 Å². The molecule has 0 saturated heterocycles. The summed E-state index contributed by atoms with van der Waals surface area (Å²) >= 11 is 1.63. The molecule has 1 aliphatic rings. The summed E-state index contributed by atoms with van der Waals surface area (Å²) in [5, 5.41) is 3.21. The molecule has 0 radical (unpaired) electrons. The molecule has 0 spiro atoms. The van der Waals surface area contributed by atoms with Crippen LogP contribution in [-0.4, -0.2) is 30.1 Å². The maximum atomic E-state index is 12.0. The highest BCUT2D eigenvalue weighted by molar-refractivity contribution is 7.99. The Morgan fingerprint density at radius 2 is 2.05 bits per heavy atom. The summed E-state index contributed by atoms with van der Waals surface area (Å²) in [6.45, 7) is 5.19. The zero-order chi connectivity index (χ0) is 15.8. The zero-order valence-corrected chi connectivity index (χ0v) is 14.4. The number of benzene rings is 1. The van der Waals surface area contributed by atoms with E-state index in [1.165, 1.54) is 12.8 Å². The van der Waals surface area contributed by atoms with Crippen LogP contribution >= 0.6 is 11.8 Å². The van der Waals surface area contributed by atoms with Gasteiger partial charge in [0.15, 0.2) is 0 Å². The van der Waals surface area contributed by atoms with Crippen molar-refractivity contribution in [1.29, 1.82) is 0 Å². The molecule has 1 aliphatic carbocycles. The molecule has 1 fully saturated rings. The summed E-state index contributed by atoms with van der Waals surface area (Å²) in [6.07, 6.45) is 3.65. The van der Waals surface area contributed by atoms with E-state index in [1.54, 1.807) is 11.8 Å². The average molecular weight is 321 g/mol. The van der Waals surface area contributed by atoms with Crippen molar-refractivity contribution in [2.45, 2.75) is 39.2 Å². The Hall–Kier alpha value is -1.16. The first-order chi connectivity index (χ1) is 10.7. The lowest BCUT2D eigenvalue weighted by atomic mass is 9.78. The predicted octanol–water partition coefficient (Wildman–Crippen LogP) is 3.74. The predicted molar refractivity (Wildman–Crippen MR) is 93.4 cm³/mol. The lowest BCUT2D eigenvalue weighted by Gasteiger charge is -2.34. The molecule has 4 heteroatoms. The van der Waals surface area contributed by atoms with Gasteiger partial charge in [0, 0.05) is 11.8 Å². The summed E-state index contributed by atoms with van der Waals surface area (Å²) in [7, 11) is 0. The van der Waals surface area contributed by atoms with Crippen molar-refractivity contribution in [3.8, 4) is 5.75 Å². The van der Waals surface area contributed by atoms with E-state index in [2.05, 4.69) is 19.2 Å². The van der Waals surface area contributed by atoms with Crippen molar-refractivity contribution in [3.63, 3.8) is 0 Å². The Balaban J connectivity index is 1.58. The SMILES string of the molecule is CC1CCCC(NC(=O)CSCCOc2ccccc2)C1C. The van der Waals surface area contributed by atoms with Gasteiger partial charge in [-0.3, -0.25) is 4.79 Å². The lowest BCUT2D eigenvalue weighted by molar-refractivity contribution is -0.119. The number of rotatable bonds is 7. The molecule has 2 rings (SSSR count). The number of thioether (sulfide) groups is 1. The van der Waals surface area contributed by atoms with Crippen LogP contribution in [0.2, 0.25) is 0 Å². The van der Waals surface area contributed by atoms with Crippen LogP contribution in [0.5, 0.6) is 5.75 Å². The van der Waals surface area contributed by atoms with Crippen molar-refractivity contribution >= 4 is 17.7 Å². The standard InChI is InChI=1S/C18H27NO2S/c1-14-7-6-10-17(15(14)2)19-18(20)13-22-12-11-21-16-8-4-3-5-9-16/h3-5,8-9,14-15,17H,6-7,10-13H2,1-2H3,(H,19,20). The highest BCUT2D eigenvalue weighted by atomic mass is 32.2. The third-order valence-electron chi connectivity index (χ3n) is 4.53. The molecule has 0 aliphatic heterocycles. The van der Waals surface area contributed by atoms with Crippen LogP contribution in [0.1, 0.15) is 33.1 Å². The second-order valence-electron chi connectivity index (χ2n) is 6.16. The van der Waals surface area contributed by atoms with Gasteiger partial charge in [-0.2, -0.15) is 0 Å². The number of amides is 1. The van der Waals surface area contributed by atoms with Gasteiger partial charge < -0.3 is 10.1 Å². The minimum atomic E-state index is 0.163. The largest absolute Gasteiger partial charge is 0.493 e. The van der Waals surface area contributed by atoms with Gasteiger partial charge >= 0.3 is 0 Å². The summed E-state index contributed by atoms with van der Waals surface area (Å²) in [5.41, 5.74) is 0. The van der Waals surface area contributed by atoms with Gasteiger partial charge in [-0.25, -0.2) is 0 Å². The molecular formula is C18H27NO2S. The van der Waals surface area contributed by atoms with E-state index < -0.39 is 0 Å². The molecule has 3 atom stereocenters. The van der Waals surface area contributed by atoms with Gasteiger partial charge in [0.2, 0.25) is 5.91 Å². The average Bonchev–Trinajstić information content (AvgIpc) is 2.52. The van der Waals surface area contributed by atoms with E-state index in [0.717, 1.165) is 17.9 Å². The highest BCUT2D eigenvalue weighted by Crippen LogP contribution is 2.29. The molecule has 22 heavy (non-hydrogen) atoms. The first-order valence-electron chi connectivity index (χ1n) is 8.22. The van der Waals surface area contributed by atoms with Gasteiger partial charge in [-0.1, -0.05) is 44.9 Å². The Morgan fingerprint density at radius 3 is 2.82 bits per heavy atom. The number of carbonyl (C=O) groups is 1. The molecule has 0 bridgehead atoms. The number of hydrogen-bond donors (Lipinski definition) is 1. The van der Waals surface area contributed by atoms with Crippen LogP contribution in [0.3, 0.4) is 0 Å². The van der Waals surface area contributed by atoms with Gasteiger partial charge in [0.1, 0.15) is 5.75 Å². The highest BCUT2D eigenvalue weighted by Gasteiger charge is 2.27. The molecule has 1 saturated carbocycles. The van der Waals surface area contributed by atoms with Gasteiger partial charge in [0.25, 0.3) is 0 Å². The van der Waals surface area contributed by atoms with Crippen molar-refractivity contribution in [3.05, 3.63) is 30.3 Å². The second-order valence-corrected chi connectivity index (χ2v) is 7.26. The fourth-order valence-corrected chi connectivity index (χ4v) is 3.55. The Bertz CT molecular complexity index is 452. The topological polar surface area (TPSA) is 38.3 Å². The Labute approximate surface area is 138 Å². The number of ether oxygens (including phenoxy) is 1. The van der Waals surface area contributed by atoms with E-state index in [1.807, 2.05) is 30.3 Å². The number of carbonyl (C=O) groups excluding carboxylic acids is 1. The van der Waals surface area contributed by atoms with Crippen LogP contribution in [0, 0.1) is 11.8 Å². The molecule has 1 aromatic carbocycles. The molecule has 1 aromatic rings. The van der Waals surface area contributed by atoms with Crippen LogP contribution in [0.25, 0.3) is 0 Å². The van der Waals surface area contributed by atoms with Gasteiger partial charge in [-0.15, -0.1) is 11.8 Å². The molecule has 3 unspecified atom stereocenters. The van der Waals surface area contributed by atoms with Crippen LogP contribution in [0.15, 0.2) is 30.3 Å². The molecule has 0 heterocycles. The van der Waals surface area contributed by atoms with Crippen molar-refractivity contribution < 1.29 is 9.53 Å². The number of nitrogens with one attached hydrogen (secondary N) is 1. The molecule has 1 N–H and O–H groups in total. The fourth-order valence-electron chi connectivity index (χ4n) is 2.93. The Kier molecular flexibility index (Phi) is 7.10. The van der Waals surface area contributed by atoms with Gasteiger partial charge in [-0.05, 0) is 30.4 Å². The van der Waals surface area contributed by atoms with Crippen molar-refractivity contribution in [2.75, 3.05) is 18.1 Å². The summed E-state index contributed by atoms with van der Waals surface area (Å²) in [4.78, 5) is 12.0. The Morgan fingerprint density at radius 1 is 1.27 bits per heavy atom. The summed E-state index contributed by atoms with van der Waals surface area (Å²) in [6, 6.07) is 10.1. The van der Waals surface area contributed by atoms with E-state index in [4.69, 9.17) is 4.74 Å². The molecule has 1 amide bonds. The van der Waals surface area contributed by atoms with Crippen molar-refractivity contribution in [2.24, 2.45) is 11.8 Å². The minimum absolute atomic E-state index is 0.163. The van der Waals surface area contributed by atoms with E-state index in [-0.39, 0.29) is 5.91 Å². The van der Waals surface area contributed by atoms with Crippen molar-refractivity contribution in [1.82, 2.24) is 5.32 Å². The van der Waals surface area contributed by atoms with E-state index >= 15 is 0 Å². The maximum absolute atomic E-state index is 12.0. The smallest absolute Gasteiger partial charge is 0.230 e. The van der Waals surface area contributed by atoms with E-state index in [0.29, 0.717) is 30.2 Å². The quantitative estimate of drug-likeness (QED) is 0.778. The summed E-state index contributed by atoms with van der Waals surface area (Å²) < 4.78 is 5.62. The van der Waals surface area contributed by atoms with Crippen LogP contribution < -0.4 is 10.1 Å². The monoisotopic (exact) mass is 321 g/mol. The molecule has 122 valence electrons. The summed E-state index contributed by atoms with van der Waals surface area (Å²) in [5.74, 6) is 3.71. The third kappa shape index (κ3) is 5.56. The van der Waals surface area contributed by atoms with Gasteiger partial charge in [0.05, 0.1) is 12.4 Å². The number of hydrogen-bond acceptors (Lipinski definition) is 3. The normalized spacial score (nSPS) is 24.7. The van der Waals surface area contributed by atoms with Crippen LogP contribution in [-0.2, 0) is 4.79 Å². The second kappa shape index (κ2) is 9.09. The third-order valence-corrected chi connectivity index (χ3v) is 5.45. The minimum Gasteiger partial charge on any atom is -0.493 e. The first kappa shape index (κ1) is 17.2. The maximum Gasteiger partial charge on any atom is 0.230 e. The van der Waals surface area contributed by atoms with E-state index in [9.17, 15) is 4.79 Å². The molecular weight excluding hydrogens is 294 g/mol. The fraction of sp³-hybridized carbons (Fsp3) is 0.611.